The fraction of sp³-hybridized carbons (Fsp3) is 1.00. The number of unbranched alkanes of at least 4 members (excludes halogenated alkanes) is 15. The molecule has 1 unspecified atom stereocenters. The molecule has 0 aliphatic carbocycles. The Labute approximate surface area is 306 Å². The summed E-state index contributed by atoms with van der Waals surface area (Å²) in [6.45, 7) is 3.28. The molecule has 0 radical (unpaired) electrons. The first-order chi connectivity index (χ1) is 23.3. The number of aliphatic hydroxyl groups is 10. The molecule has 10 N–H and O–H groups in total. The minimum Gasteiger partial charge on any atom is -1.00 e. The summed E-state index contributed by atoms with van der Waals surface area (Å²) in [5.74, 6) is 0. The number of halogens is 1. The second-order valence-electron chi connectivity index (χ2n) is 14.6. The van der Waals surface area contributed by atoms with Crippen molar-refractivity contribution in [2.45, 2.75) is 177 Å². The molecule has 0 amide bonds. The van der Waals surface area contributed by atoms with Crippen LogP contribution in [-0.2, 0) is 14.2 Å². The van der Waals surface area contributed by atoms with E-state index in [9.17, 15) is 25.5 Å². The van der Waals surface area contributed by atoms with Gasteiger partial charge >= 0.3 is 0 Å². The molecule has 50 heavy (non-hydrogen) atoms. The van der Waals surface area contributed by atoms with Crippen LogP contribution < -0.4 is 12.4 Å². The molecule has 2 rings (SSSR count). The zero-order valence-electron chi connectivity index (χ0n) is 30.7. The Bertz CT molecular complexity index is 799. The van der Waals surface area contributed by atoms with Crippen molar-refractivity contribution in [3.63, 3.8) is 0 Å². The van der Waals surface area contributed by atoms with Crippen LogP contribution in [0.25, 0.3) is 0 Å². The summed E-state index contributed by atoms with van der Waals surface area (Å²) < 4.78 is 15.8. The van der Waals surface area contributed by atoms with E-state index in [2.05, 4.69) is 25.8 Å². The third-order valence-corrected chi connectivity index (χ3v) is 9.47. The van der Waals surface area contributed by atoms with Crippen molar-refractivity contribution in [1.82, 2.24) is 0 Å². The molecule has 14 nitrogen and oxygen atoms in total. The van der Waals surface area contributed by atoms with Gasteiger partial charge in [0.2, 0.25) is 0 Å². The summed E-state index contributed by atoms with van der Waals surface area (Å²) in [6.07, 6.45) is 7.01. The molecule has 15 heteroatoms. The maximum absolute atomic E-state index is 10.4. The van der Waals surface area contributed by atoms with Crippen molar-refractivity contribution in [2.75, 3.05) is 47.0 Å². The van der Waals surface area contributed by atoms with Gasteiger partial charge in [-0.05, 0) is 12.8 Å². The monoisotopic (exact) mass is 749 g/mol. The van der Waals surface area contributed by atoms with Gasteiger partial charge in [-0.15, -0.1) is 0 Å². The predicted octanol–water partition coefficient (Wildman–Crippen LogP) is -2.72. The molecule has 0 aromatic carbocycles. The van der Waals surface area contributed by atoms with Crippen molar-refractivity contribution in [2.24, 2.45) is 0 Å². The number of hydrogen-bond acceptors (Lipinski definition) is 13. The lowest BCUT2D eigenvalue weighted by atomic mass is 9.99. The SMILES string of the molecule is CCCCCCCCCCCCCCCCCC[N+](C)(C)CC(O)COC[C@H]1O[C@H](O)[C@H](O)[C@@H](O)[C@@H]1O.OC[C@H]1O[C@H](O)[C@H](O)[C@@H](O)[C@@H]1O.[Cl-]. The number of nitrogens with zero attached hydrogens (tertiary/aromatic N) is 1. The van der Waals surface area contributed by atoms with Gasteiger partial charge in [-0.2, -0.15) is 0 Å². The van der Waals surface area contributed by atoms with Gasteiger partial charge in [0.25, 0.3) is 0 Å². The molecule has 2 heterocycles. The van der Waals surface area contributed by atoms with Crippen molar-refractivity contribution >= 4 is 0 Å². The van der Waals surface area contributed by atoms with E-state index in [1.807, 2.05) is 0 Å². The van der Waals surface area contributed by atoms with Gasteiger partial charge in [-0.3, -0.25) is 0 Å². The minimum atomic E-state index is -1.58. The molecule has 2 saturated heterocycles. The summed E-state index contributed by atoms with van der Waals surface area (Å²) in [6, 6.07) is 0. The minimum absolute atomic E-state index is 0. The number of aliphatic hydroxyl groups excluding tert-OH is 10. The first-order valence-electron chi connectivity index (χ1n) is 18.7. The van der Waals surface area contributed by atoms with Gasteiger partial charge < -0.3 is 82.2 Å². The second kappa shape index (κ2) is 28.2. The Hall–Kier alpha value is -0.270. The highest BCUT2D eigenvalue weighted by Gasteiger charge is 2.43. The van der Waals surface area contributed by atoms with E-state index >= 15 is 0 Å². The molecular formula is C35H72ClNO13. The van der Waals surface area contributed by atoms with Crippen molar-refractivity contribution in [1.29, 1.82) is 0 Å². The largest absolute Gasteiger partial charge is 1.00 e. The lowest BCUT2D eigenvalue weighted by molar-refractivity contribution is -0.893. The van der Waals surface area contributed by atoms with Crippen molar-refractivity contribution < 1.29 is 82.2 Å². The lowest BCUT2D eigenvalue weighted by Gasteiger charge is -2.38. The standard InChI is InChI=1S/C29H60NO7.C6H12O6.ClH/c1-4-5-6-7-8-9-10-11-12-13-14-15-16-17-18-19-20-30(2,3)21-24(31)22-36-23-25-26(32)27(33)28(34)29(35)37-25;7-1-2-3(8)4(9)5(10)6(11)12-2;/h24-29,31-35H,4-23H2,1-3H3;2-11H,1H2;1H/q+1;;/p-1/t24?,25-,26-,27+,28-,29+;2-,3-,4+,5-,6+;/m11./s1. The zero-order chi connectivity index (χ0) is 36.8. The van der Waals surface area contributed by atoms with E-state index in [4.69, 9.17) is 35.0 Å². The molecule has 0 bridgehead atoms. The number of quaternary nitrogens is 1. The van der Waals surface area contributed by atoms with E-state index in [1.165, 1.54) is 96.3 Å². The smallest absolute Gasteiger partial charge is 0.184 e. The van der Waals surface area contributed by atoms with Crippen molar-refractivity contribution in [3.8, 4) is 0 Å². The Morgan fingerprint density at radius 3 is 1.36 bits per heavy atom. The molecule has 2 aliphatic heterocycles. The normalized spacial score (nSPS) is 30.7. The Morgan fingerprint density at radius 2 is 0.940 bits per heavy atom. The average molecular weight is 750 g/mol. The molecule has 2 aliphatic rings. The topological polar surface area (TPSA) is 230 Å². The van der Waals surface area contributed by atoms with E-state index in [1.54, 1.807) is 0 Å². The highest BCUT2D eigenvalue weighted by Crippen LogP contribution is 2.21. The van der Waals surface area contributed by atoms with E-state index in [0.29, 0.717) is 11.0 Å². The van der Waals surface area contributed by atoms with Crippen LogP contribution >= 0.6 is 0 Å². The molecule has 0 spiro atoms. The van der Waals surface area contributed by atoms with E-state index in [0.717, 1.165) is 13.0 Å². The van der Waals surface area contributed by atoms with E-state index in [-0.39, 0.29) is 25.6 Å². The zero-order valence-corrected chi connectivity index (χ0v) is 31.5. The summed E-state index contributed by atoms with van der Waals surface area (Å²) in [5.41, 5.74) is 0. The number of hydrogen-bond donors (Lipinski definition) is 10. The highest BCUT2D eigenvalue weighted by molar-refractivity contribution is 4.89. The fourth-order valence-corrected chi connectivity index (χ4v) is 6.27. The maximum Gasteiger partial charge on any atom is 0.184 e. The molecule has 0 saturated carbocycles. The van der Waals surface area contributed by atoms with Crippen LogP contribution in [0.5, 0.6) is 0 Å². The van der Waals surface area contributed by atoms with E-state index < -0.39 is 74.1 Å². The highest BCUT2D eigenvalue weighted by atomic mass is 35.5. The quantitative estimate of drug-likeness (QED) is 0.0358. The van der Waals surface area contributed by atoms with Crippen molar-refractivity contribution in [3.05, 3.63) is 0 Å². The summed E-state index contributed by atoms with van der Waals surface area (Å²) >= 11 is 0. The predicted molar refractivity (Wildman–Crippen MR) is 183 cm³/mol. The van der Waals surface area contributed by atoms with Crippen LogP contribution in [0.15, 0.2) is 0 Å². The molecule has 11 atom stereocenters. The number of likely N-dealkylation sites (N-methyl/N-ethyl adjacent to an activating group) is 1. The van der Waals surface area contributed by atoms with Crippen LogP contribution in [-0.4, -0.2) is 170 Å². The Morgan fingerprint density at radius 1 is 0.560 bits per heavy atom. The molecule has 2 fully saturated rings. The summed E-state index contributed by atoms with van der Waals surface area (Å²) in [5, 5.41) is 93.8. The van der Waals surface area contributed by atoms with Gasteiger partial charge in [0.15, 0.2) is 12.6 Å². The van der Waals surface area contributed by atoms with Crippen LogP contribution in [0.3, 0.4) is 0 Å². The fourth-order valence-electron chi connectivity index (χ4n) is 6.27. The molecule has 0 aromatic rings. The van der Waals surface area contributed by atoms with Gasteiger partial charge in [-0.25, -0.2) is 0 Å². The van der Waals surface area contributed by atoms with Crippen LogP contribution in [0, 0.1) is 0 Å². The molecule has 302 valence electrons. The Balaban J connectivity index is 0.00000155. The lowest BCUT2D eigenvalue weighted by Crippen LogP contribution is -3.00. The third-order valence-electron chi connectivity index (χ3n) is 9.47. The first-order valence-corrected chi connectivity index (χ1v) is 18.7. The summed E-state index contributed by atoms with van der Waals surface area (Å²) in [7, 11) is 4.22. The maximum atomic E-state index is 10.4. The second-order valence-corrected chi connectivity index (χ2v) is 14.6. The van der Waals surface area contributed by atoms with Gasteiger partial charge in [0, 0.05) is 0 Å². The summed E-state index contributed by atoms with van der Waals surface area (Å²) in [4.78, 5) is 0. The number of rotatable bonds is 24. The third kappa shape index (κ3) is 20.3. The molecular weight excluding hydrogens is 678 g/mol. The van der Waals surface area contributed by atoms with Gasteiger partial charge in [-0.1, -0.05) is 96.8 Å². The van der Waals surface area contributed by atoms with Crippen LogP contribution in [0.2, 0.25) is 0 Å². The van der Waals surface area contributed by atoms with Crippen LogP contribution in [0.4, 0.5) is 0 Å². The first kappa shape index (κ1) is 49.7. The average Bonchev–Trinajstić information content (AvgIpc) is 3.06. The van der Waals surface area contributed by atoms with Crippen LogP contribution in [0.1, 0.15) is 110 Å². The Kier molecular flexibility index (Phi) is 28.1. The molecule has 0 aromatic heterocycles. The van der Waals surface area contributed by atoms with Gasteiger partial charge in [0.1, 0.15) is 61.5 Å². The number of ether oxygens (including phenoxy) is 3. The van der Waals surface area contributed by atoms with Gasteiger partial charge in [0.05, 0.1) is 40.5 Å².